The number of carbonyl (C=O) groups is 1. The van der Waals surface area contributed by atoms with Gasteiger partial charge in [-0.05, 0) is 39.4 Å². The van der Waals surface area contributed by atoms with Crippen LogP contribution in [0.4, 0.5) is 5.69 Å². The Hall–Kier alpha value is -2.52. The molecule has 1 saturated heterocycles. The van der Waals surface area contributed by atoms with Gasteiger partial charge in [-0.25, -0.2) is 0 Å². The molecule has 0 spiro atoms. The van der Waals surface area contributed by atoms with Gasteiger partial charge in [0.05, 0.1) is 11.5 Å². The minimum Gasteiger partial charge on any atom is -0.422 e. The van der Waals surface area contributed by atoms with Gasteiger partial charge in [0.15, 0.2) is 0 Å². The second kappa shape index (κ2) is 8.01. The van der Waals surface area contributed by atoms with E-state index in [1.807, 2.05) is 19.0 Å². The number of nitrogens with zero attached hydrogens (tertiary/aromatic N) is 5. The maximum Gasteiger partial charge on any atom is 0.271 e. The van der Waals surface area contributed by atoms with Crippen LogP contribution in [0.2, 0.25) is 5.02 Å². The van der Waals surface area contributed by atoms with Crippen molar-refractivity contribution in [2.45, 2.75) is 31.8 Å². The quantitative estimate of drug-likeness (QED) is 0.567. The van der Waals surface area contributed by atoms with Crippen molar-refractivity contribution >= 4 is 23.2 Å². The number of halogens is 1. The summed E-state index contributed by atoms with van der Waals surface area (Å²) in [6, 6.07) is 3.55. The molecule has 144 valence electrons. The van der Waals surface area contributed by atoms with Crippen molar-refractivity contribution in [3.8, 4) is 0 Å². The number of non-ortho nitro benzene ring substituents is 1. The first-order valence-corrected chi connectivity index (χ1v) is 8.96. The maximum absolute atomic E-state index is 13.0. The Kier molecular flexibility index (Phi) is 5.71. The molecule has 1 aromatic heterocycles. The minimum absolute atomic E-state index is 0.146. The van der Waals surface area contributed by atoms with E-state index in [1.54, 1.807) is 4.90 Å². The Morgan fingerprint density at radius 1 is 1.37 bits per heavy atom. The molecule has 1 aromatic carbocycles. The molecule has 0 radical (unpaired) electrons. The summed E-state index contributed by atoms with van der Waals surface area (Å²) >= 11 is 5.96. The predicted molar refractivity (Wildman–Crippen MR) is 97.4 cm³/mol. The summed E-state index contributed by atoms with van der Waals surface area (Å²) < 4.78 is 5.74. The molecule has 1 amide bonds. The molecule has 0 N–H and O–H groups in total. The van der Waals surface area contributed by atoms with Crippen LogP contribution in [0, 0.1) is 10.1 Å². The molecule has 9 nitrogen and oxygen atoms in total. The molecule has 2 heterocycles. The molecule has 3 rings (SSSR count). The summed E-state index contributed by atoms with van der Waals surface area (Å²) in [6.07, 6.45) is 2.46. The number of hydrogen-bond donors (Lipinski definition) is 0. The molecular weight excluding hydrogens is 374 g/mol. The molecule has 1 fully saturated rings. The fourth-order valence-corrected chi connectivity index (χ4v) is 3.37. The topological polar surface area (TPSA) is 106 Å². The van der Waals surface area contributed by atoms with Crippen LogP contribution in [-0.2, 0) is 6.54 Å². The lowest BCUT2D eigenvalue weighted by atomic mass is 10.0. The van der Waals surface area contributed by atoms with Crippen molar-refractivity contribution in [1.29, 1.82) is 0 Å². The number of aromatic nitrogens is 2. The van der Waals surface area contributed by atoms with E-state index in [9.17, 15) is 14.9 Å². The van der Waals surface area contributed by atoms with Gasteiger partial charge in [-0.15, -0.1) is 10.2 Å². The number of nitro benzene ring substituents is 1. The zero-order valence-corrected chi connectivity index (χ0v) is 15.8. The lowest BCUT2D eigenvalue weighted by Gasteiger charge is -2.33. The van der Waals surface area contributed by atoms with E-state index in [1.165, 1.54) is 18.2 Å². The largest absolute Gasteiger partial charge is 0.422 e. The van der Waals surface area contributed by atoms with Crippen molar-refractivity contribution in [2.24, 2.45) is 0 Å². The van der Waals surface area contributed by atoms with E-state index >= 15 is 0 Å². The summed E-state index contributed by atoms with van der Waals surface area (Å²) in [6.45, 7) is 1.02. The Labute approximate surface area is 161 Å². The van der Waals surface area contributed by atoms with Crippen molar-refractivity contribution in [3.05, 3.63) is 50.7 Å². The summed E-state index contributed by atoms with van der Waals surface area (Å²) in [5.41, 5.74) is -0.0420. The molecule has 2 aromatic rings. The van der Waals surface area contributed by atoms with Crippen LogP contribution in [0.25, 0.3) is 0 Å². The molecule has 0 saturated carbocycles. The zero-order valence-electron chi connectivity index (χ0n) is 15.1. The average Bonchev–Trinajstić information content (AvgIpc) is 3.08. The molecule has 0 unspecified atom stereocenters. The van der Waals surface area contributed by atoms with Crippen molar-refractivity contribution in [3.63, 3.8) is 0 Å². The lowest BCUT2D eigenvalue weighted by molar-refractivity contribution is -0.384. The number of hydrogen-bond acceptors (Lipinski definition) is 7. The Morgan fingerprint density at radius 3 is 2.85 bits per heavy atom. The third-order valence-electron chi connectivity index (χ3n) is 4.32. The van der Waals surface area contributed by atoms with Gasteiger partial charge < -0.3 is 14.2 Å². The second-order valence-corrected chi connectivity index (χ2v) is 7.17. The average molecular weight is 394 g/mol. The first kappa shape index (κ1) is 19.2. The van der Waals surface area contributed by atoms with Gasteiger partial charge in [-0.3, -0.25) is 14.9 Å². The SMILES string of the molecule is CN(C)Cc1nnc([C@H]2CCCCN2C(=O)c2cc(Cl)cc([N+](=O)[O-])c2)o1. The van der Waals surface area contributed by atoms with Crippen LogP contribution in [0.5, 0.6) is 0 Å². The molecule has 27 heavy (non-hydrogen) atoms. The van der Waals surface area contributed by atoms with Crippen LogP contribution in [-0.4, -0.2) is 51.5 Å². The van der Waals surface area contributed by atoms with Crippen LogP contribution in [0.3, 0.4) is 0 Å². The number of likely N-dealkylation sites (tertiary alicyclic amines) is 1. The molecule has 1 aliphatic rings. The van der Waals surface area contributed by atoms with Crippen molar-refractivity contribution in [1.82, 2.24) is 20.0 Å². The van der Waals surface area contributed by atoms with E-state index in [4.69, 9.17) is 16.0 Å². The molecule has 1 aliphatic heterocycles. The second-order valence-electron chi connectivity index (χ2n) is 6.74. The van der Waals surface area contributed by atoms with E-state index in [0.717, 1.165) is 12.8 Å². The predicted octanol–water partition coefficient (Wildman–Crippen LogP) is 3.06. The summed E-state index contributed by atoms with van der Waals surface area (Å²) in [5.74, 6) is 0.528. The summed E-state index contributed by atoms with van der Waals surface area (Å²) in [4.78, 5) is 27.1. The number of rotatable bonds is 5. The van der Waals surface area contributed by atoms with E-state index in [-0.39, 0.29) is 28.2 Å². The normalized spacial score (nSPS) is 17.3. The highest BCUT2D eigenvalue weighted by atomic mass is 35.5. The van der Waals surface area contributed by atoms with Crippen LogP contribution in [0.15, 0.2) is 22.6 Å². The maximum atomic E-state index is 13.0. The number of piperidine rings is 1. The van der Waals surface area contributed by atoms with Gasteiger partial charge in [0, 0.05) is 29.3 Å². The first-order valence-electron chi connectivity index (χ1n) is 8.58. The smallest absolute Gasteiger partial charge is 0.271 e. The Balaban J connectivity index is 1.88. The number of amides is 1. The highest BCUT2D eigenvalue weighted by Gasteiger charge is 2.33. The minimum atomic E-state index is -0.568. The first-order chi connectivity index (χ1) is 12.8. The molecule has 1 atom stereocenters. The Morgan fingerprint density at radius 2 is 2.15 bits per heavy atom. The van der Waals surface area contributed by atoms with Crippen molar-refractivity contribution in [2.75, 3.05) is 20.6 Å². The monoisotopic (exact) mass is 393 g/mol. The highest BCUT2D eigenvalue weighted by Crippen LogP contribution is 2.32. The van der Waals surface area contributed by atoms with Crippen molar-refractivity contribution < 1.29 is 14.1 Å². The molecule has 0 aliphatic carbocycles. The molecule has 10 heteroatoms. The van der Waals surface area contributed by atoms with Gasteiger partial charge in [0.1, 0.15) is 6.04 Å². The summed E-state index contributed by atoms with van der Waals surface area (Å²) in [7, 11) is 3.79. The fourth-order valence-electron chi connectivity index (χ4n) is 3.14. The summed E-state index contributed by atoms with van der Waals surface area (Å²) in [5, 5.41) is 19.4. The van der Waals surface area contributed by atoms with E-state index in [2.05, 4.69) is 10.2 Å². The van der Waals surface area contributed by atoms with Gasteiger partial charge in [-0.2, -0.15) is 0 Å². The van der Waals surface area contributed by atoms with E-state index in [0.29, 0.717) is 31.3 Å². The van der Waals surface area contributed by atoms with Gasteiger partial charge in [0.2, 0.25) is 11.8 Å². The van der Waals surface area contributed by atoms with Gasteiger partial charge in [-0.1, -0.05) is 11.6 Å². The van der Waals surface area contributed by atoms with Gasteiger partial charge in [0.25, 0.3) is 11.6 Å². The molecule has 0 bridgehead atoms. The highest BCUT2D eigenvalue weighted by molar-refractivity contribution is 6.31. The number of carbonyl (C=O) groups excluding carboxylic acids is 1. The molecular formula is C17H20ClN5O4. The zero-order chi connectivity index (χ0) is 19.6. The third-order valence-corrected chi connectivity index (χ3v) is 4.54. The van der Waals surface area contributed by atoms with Crippen LogP contribution in [0.1, 0.15) is 47.4 Å². The standard InChI is InChI=1S/C17H20ClN5O4/c1-21(2)10-15-19-20-16(27-15)14-5-3-4-6-22(14)17(24)11-7-12(18)9-13(8-11)23(25)26/h7-9,14H,3-6,10H2,1-2H3/t14-/m1/s1. The fraction of sp³-hybridized carbons (Fsp3) is 0.471. The van der Waals surface area contributed by atoms with Crippen LogP contribution < -0.4 is 0 Å². The number of benzene rings is 1. The lowest BCUT2D eigenvalue weighted by Crippen LogP contribution is -2.38. The Bertz CT molecular complexity index is 854. The third kappa shape index (κ3) is 4.42. The van der Waals surface area contributed by atoms with Crippen LogP contribution >= 0.6 is 11.6 Å². The van der Waals surface area contributed by atoms with Gasteiger partial charge >= 0.3 is 0 Å². The number of nitro groups is 1. The van der Waals surface area contributed by atoms with E-state index < -0.39 is 4.92 Å².